The van der Waals surface area contributed by atoms with Gasteiger partial charge in [0.15, 0.2) is 12.6 Å². The quantitative estimate of drug-likeness (QED) is 0.838. The molecule has 6 nitrogen and oxygen atoms in total. The van der Waals surface area contributed by atoms with E-state index < -0.39 is 30.8 Å². The Morgan fingerprint density at radius 2 is 1.74 bits per heavy atom. The fourth-order valence-corrected chi connectivity index (χ4v) is 3.62. The molecule has 0 amide bonds. The largest absolute Gasteiger partial charge is 0.388 e. The molecule has 0 aliphatic carbocycles. The molecule has 2 N–H and O–H groups in total. The van der Waals surface area contributed by atoms with Gasteiger partial charge in [-0.05, 0) is 5.56 Å². The zero-order chi connectivity index (χ0) is 18.6. The van der Waals surface area contributed by atoms with E-state index in [0.717, 1.165) is 11.1 Å². The van der Waals surface area contributed by atoms with Gasteiger partial charge in [-0.2, -0.15) is 0 Å². The molecule has 2 fully saturated rings. The summed E-state index contributed by atoms with van der Waals surface area (Å²) in [6, 6.07) is 19.3. The second kappa shape index (κ2) is 8.48. The minimum absolute atomic E-state index is 0.340. The molecule has 6 heteroatoms. The van der Waals surface area contributed by atoms with Crippen molar-refractivity contribution in [2.75, 3.05) is 13.7 Å². The fourth-order valence-electron chi connectivity index (χ4n) is 3.62. The smallest absolute Gasteiger partial charge is 0.184 e. The third kappa shape index (κ3) is 4.06. The van der Waals surface area contributed by atoms with Crippen LogP contribution in [-0.2, 0) is 25.5 Å². The van der Waals surface area contributed by atoms with Crippen LogP contribution < -0.4 is 5.32 Å². The molecule has 144 valence electrons. The highest BCUT2D eigenvalue weighted by atomic mass is 16.7. The number of hydrogen-bond acceptors (Lipinski definition) is 6. The summed E-state index contributed by atoms with van der Waals surface area (Å²) in [6.07, 6.45) is -2.75. The van der Waals surface area contributed by atoms with Crippen molar-refractivity contribution >= 4 is 0 Å². The number of nitrogens with one attached hydrogen (secondary N) is 1. The van der Waals surface area contributed by atoms with Crippen LogP contribution in [0.3, 0.4) is 0 Å². The molecule has 0 saturated carbocycles. The number of rotatable bonds is 5. The van der Waals surface area contributed by atoms with E-state index in [1.54, 1.807) is 7.11 Å². The highest BCUT2D eigenvalue weighted by Crippen LogP contribution is 2.34. The van der Waals surface area contributed by atoms with Crippen molar-refractivity contribution in [3.63, 3.8) is 0 Å². The van der Waals surface area contributed by atoms with E-state index in [0.29, 0.717) is 13.2 Å². The Kier molecular flexibility index (Phi) is 5.83. The lowest BCUT2D eigenvalue weighted by Gasteiger charge is -2.47. The van der Waals surface area contributed by atoms with Gasteiger partial charge in [0.25, 0.3) is 0 Å². The Balaban J connectivity index is 1.46. The summed E-state index contributed by atoms with van der Waals surface area (Å²) < 4.78 is 23.3. The molecular weight excluding hydrogens is 346 g/mol. The van der Waals surface area contributed by atoms with Gasteiger partial charge < -0.3 is 29.4 Å². The highest BCUT2D eigenvalue weighted by Gasteiger charge is 2.49. The van der Waals surface area contributed by atoms with Gasteiger partial charge in [-0.1, -0.05) is 60.7 Å². The van der Waals surface area contributed by atoms with Gasteiger partial charge in [0.2, 0.25) is 0 Å². The Hall–Kier alpha value is -1.80. The van der Waals surface area contributed by atoms with E-state index in [1.165, 1.54) is 0 Å². The number of ether oxygens (including phenoxy) is 4. The molecule has 0 spiro atoms. The molecule has 4 rings (SSSR count). The molecule has 2 saturated heterocycles. The number of aliphatic hydroxyl groups is 1. The minimum Gasteiger partial charge on any atom is -0.388 e. The van der Waals surface area contributed by atoms with Crippen LogP contribution >= 0.6 is 0 Å². The summed E-state index contributed by atoms with van der Waals surface area (Å²) in [7, 11) is 1.58. The van der Waals surface area contributed by atoms with Crippen LogP contribution in [0.4, 0.5) is 0 Å². The first-order valence-electron chi connectivity index (χ1n) is 9.22. The maximum Gasteiger partial charge on any atom is 0.184 e. The van der Waals surface area contributed by atoms with E-state index >= 15 is 0 Å². The average molecular weight is 371 g/mol. The van der Waals surface area contributed by atoms with Crippen LogP contribution in [0.5, 0.6) is 0 Å². The maximum atomic E-state index is 11.0. The first-order valence-corrected chi connectivity index (χ1v) is 9.22. The summed E-state index contributed by atoms with van der Waals surface area (Å²) in [5.41, 5.74) is 2.04. The van der Waals surface area contributed by atoms with Gasteiger partial charge in [0, 0.05) is 19.2 Å². The van der Waals surface area contributed by atoms with Gasteiger partial charge in [-0.15, -0.1) is 0 Å². The van der Waals surface area contributed by atoms with E-state index in [2.05, 4.69) is 5.32 Å². The van der Waals surface area contributed by atoms with E-state index in [4.69, 9.17) is 18.9 Å². The van der Waals surface area contributed by atoms with Crippen LogP contribution in [-0.4, -0.2) is 49.5 Å². The van der Waals surface area contributed by atoms with Gasteiger partial charge in [-0.3, -0.25) is 0 Å². The Morgan fingerprint density at radius 1 is 1.04 bits per heavy atom. The van der Waals surface area contributed by atoms with Gasteiger partial charge in [0.05, 0.1) is 12.6 Å². The van der Waals surface area contributed by atoms with Crippen LogP contribution in [0.15, 0.2) is 60.7 Å². The van der Waals surface area contributed by atoms with Crippen molar-refractivity contribution < 1.29 is 24.1 Å². The molecule has 0 radical (unpaired) electrons. The first-order chi connectivity index (χ1) is 13.3. The van der Waals surface area contributed by atoms with Gasteiger partial charge in [0.1, 0.15) is 18.3 Å². The molecule has 0 aromatic heterocycles. The molecular formula is C21H25NO5. The Bertz CT molecular complexity index is 707. The minimum atomic E-state index is -0.785. The Labute approximate surface area is 159 Å². The van der Waals surface area contributed by atoms with E-state index in [-0.39, 0.29) is 6.10 Å². The normalized spacial score (nSPS) is 33.4. The van der Waals surface area contributed by atoms with E-state index in [1.807, 2.05) is 60.7 Å². The molecule has 0 unspecified atom stereocenters. The third-order valence-electron chi connectivity index (χ3n) is 5.05. The Morgan fingerprint density at radius 3 is 2.44 bits per heavy atom. The van der Waals surface area contributed by atoms with Crippen molar-refractivity contribution in [2.24, 2.45) is 0 Å². The number of benzene rings is 2. The monoisotopic (exact) mass is 371 g/mol. The summed E-state index contributed by atoms with van der Waals surface area (Å²) in [5.74, 6) is 0. The van der Waals surface area contributed by atoms with Crippen LogP contribution in [0.2, 0.25) is 0 Å². The molecule has 2 aromatic rings. The SMILES string of the molecule is CO[C@@H]1O[C@@H]2CO[C@H](c3ccccc3)O[C@H]2[C@H](O)[C@H]1NCc1ccccc1. The van der Waals surface area contributed by atoms with Crippen molar-refractivity contribution in [2.45, 2.75) is 43.5 Å². The lowest BCUT2D eigenvalue weighted by atomic mass is 9.95. The predicted molar refractivity (Wildman–Crippen MR) is 98.8 cm³/mol. The van der Waals surface area contributed by atoms with Gasteiger partial charge in [-0.25, -0.2) is 0 Å². The molecule has 2 aromatic carbocycles. The zero-order valence-electron chi connectivity index (χ0n) is 15.2. The second-order valence-electron chi connectivity index (χ2n) is 6.84. The topological polar surface area (TPSA) is 69.2 Å². The van der Waals surface area contributed by atoms with Crippen LogP contribution in [0, 0.1) is 0 Å². The molecule has 2 aliphatic rings. The standard InChI is InChI=1S/C21H25NO5/c1-24-21-17(22-12-14-8-4-2-5-9-14)18(23)19-16(26-21)13-25-20(27-19)15-10-6-3-7-11-15/h2-11,16-23H,12-13H2,1H3/t16-,17-,18-,19-,20+,21-/m1/s1. The molecule has 0 bridgehead atoms. The van der Waals surface area contributed by atoms with Crippen molar-refractivity contribution in [1.82, 2.24) is 5.32 Å². The maximum absolute atomic E-state index is 11.0. The van der Waals surface area contributed by atoms with E-state index in [9.17, 15) is 5.11 Å². The average Bonchev–Trinajstić information content (AvgIpc) is 2.74. The molecule has 2 aliphatic heterocycles. The molecule has 2 heterocycles. The molecule has 6 atom stereocenters. The summed E-state index contributed by atoms with van der Waals surface area (Å²) in [6.45, 7) is 0.939. The number of hydrogen-bond donors (Lipinski definition) is 2. The predicted octanol–water partition coefficient (Wildman–Crippen LogP) is 1.99. The van der Waals surface area contributed by atoms with Crippen LogP contribution in [0.1, 0.15) is 17.4 Å². The second-order valence-corrected chi connectivity index (χ2v) is 6.84. The van der Waals surface area contributed by atoms with Crippen LogP contribution in [0.25, 0.3) is 0 Å². The lowest BCUT2D eigenvalue weighted by Crippen LogP contribution is -2.65. The zero-order valence-corrected chi connectivity index (χ0v) is 15.2. The highest BCUT2D eigenvalue weighted by molar-refractivity contribution is 5.17. The molecule has 27 heavy (non-hydrogen) atoms. The van der Waals surface area contributed by atoms with Crippen molar-refractivity contribution in [1.29, 1.82) is 0 Å². The number of fused-ring (bicyclic) bond motifs is 1. The number of methoxy groups -OCH3 is 1. The lowest BCUT2D eigenvalue weighted by molar-refractivity contribution is -0.341. The summed E-state index contributed by atoms with van der Waals surface area (Å²) in [5, 5.41) is 14.4. The van der Waals surface area contributed by atoms with Gasteiger partial charge >= 0.3 is 0 Å². The van der Waals surface area contributed by atoms with Crippen molar-refractivity contribution in [3.8, 4) is 0 Å². The summed E-state index contributed by atoms with van der Waals surface area (Å²) >= 11 is 0. The third-order valence-corrected chi connectivity index (χ3v) is 5.05. The number of aliphatic hydroxyl groups excluding tert-OH is 1. The van der Waals surface area contributed by atoms with Crippen molar-refractivity contribution in [3.05, 3.63) is 71.8 Å². The summed E-state index contributed by atoms with van der Waals surface area (Å²) in [4.78, 5) is 0. The first kappa shape index (κ1) is 18.6. The fraction of sp³-hybridized carbons (Fsp3) is 0.429.